The Morgan fingerprint density at radius 3 is 2.95 bits per heavy atom. The molecule has 2 heterocycles. The van der Waals surface area contributed by atoms with Gasteiger partial charge in [0.1, 0.15) is 11.5 Å². The van der Waals surface area contributed by atoms with Gasteiger partial charge in [0.15, 0.2) is 0 Å². The van der Waals surface area contributed by atoms with E-state index in [9.17, 15) is 0 Å². The fourth-order valence-electron chi connectivity index (χ4n) is 3.54. The fraction of sp³-hybridized carbons (Fsp3) is 0.750. The van der Waals surface area contributed by atoms with Crippen LogP contribution in [0.15, 0.2) is 16.5 Å². The Kier molecular flexibility index (Phi) is 3.54. The Bertz CT molecular complexity index is 455. The molecule has 3 fully saturated rings. The maximum atomic E-state index is 5.97. The number of furan rings is 1. The minimum absolute atomic E-state index is 0.467. The minimum atomic E-state index is 0.467. The summed E-state index contributed by atoms with van der Waals surface area (Å²) in [6.45, 7) is 3.73. The summed E-state index contributed by atoms with van der Waals surface area (Å²) >= 11 is 0. The van der Waals surface area contributed by atoms with Crippen molar-refractivity contribution in [2.45, 2.75) is 63.4 Å². The molecule has 0 amide bonds. The molecule has 1 saturated heterocycles. The first-order valence-electron chi connectivity index (χ1n) is 8.05. The van der Waals surface area contributed by atoms with Crippen molar-refractivity contribution in [2.75, 3.05) is 13.2 Å². The van der Waals surface area contributed by atoms with Crippen molar-refractivity contribution in [3.63, 3.8) is 0 Å². The molecule has 20 heavy (non-hydrogen) atoms. The summed E-state index contributed by atoms with van der Waals surface area (Å²) in [5.74, 6) is 2.17. The van der Waals surface area contributed by atoms with E-state index in [0.717, 1.165) is 43.8 Å². The number of rotatable bonds is 5. The molecule has 2 aliphatic carbocycles. The summed E-state index contributed by atoms with van der Waals surface area (Å²) in [5.41, 5.74) is 0. The van der Waals surface area contributed by atoms with Crippen molar-refractivity contribution < 1.29 is 9.15 Å². The van der Waals surface area contributed by atoms with Gasteiger partial charge in [0.05, 0.1) is 25.8 Å². The lowest BCUT2D eigenvalue weighted by atomic mass is 10.1. The molecular formula is C16H24N2O2. The molecule has 2 atom stereocenters. The average Bonchev–Trinajstić information content (AvgIpc) is 2.98. The molecule has 1 aromatic heterocycles. The SMILES string of the molecule is c1cc(CN2CCOC3CCCC32)oc1CNC1CC1. The van der Waals surface area contributed by atoms with Gasteiger partial charge in [0.25, 0.3) is 0 Å². The monoisotopic (exact) mass is 276 g/mol. The van der Waals surface area contributed by atoms with Gasteiger partial charge < -0.3 is 14.5 Å². The van der Waals surface area contributed by atoms with E-state index in [-0.39, 0.29) is 0 Å². The van der Waals surface area contributed by atoms with Crippen molar-refractivity contribution >= 4 is 0 Å². The van der Waals surface area contributed by atoms with E-state index in [1.807, 2.05) is 0 Å². The zero-order chi connectivity index (χ0) is 13.4. The van der Waals surface area contributed by atoms with E-state index in [0.29, 0.717) is 12.1 Å². The van der Waals surface area contributed by atoms with Crippen LogP contribution in [-0.4, -0.2) is 36.2 Å². The predicted molar refractivity (Wildman–Crippen MR) is 76.4 cm³/mol. The largest absolute Gasteiger partial charge is 0.463 e. The predicted octanol–water partition coefficient (Wildman–Crippen LogP) is 2.28. The van der Waals surface area contributed by atoms with Gasteiger partial charge in [0.2, 0.25) is 0 Å². The van der Waals surface area contributed by atoms with Crippen LogP contribution in [0.4, 0.5) is 0 Å². The smallest absolute Gasteiger partial charge is 0.118 e. The number of ether oxygens (including phenoxy) is 1. The molecule has 0 radical (unpaired) electrons. The van der Waals surface area contributed by atoms with E-state index in [2.05, 4.69) is 22.3 Å². The Hall–Kier alpha value is -0.840. The molecule has 2 unspecified atom stereocenters. The van der Waals surface area contributed by atoms with Gasteiger partial charge in [-0.05, 0) is 44.2 Å². The van der Waals surface area contributed by atoms with E-state index < -0.39 is 0 Å². The lowest BCUT2D eigenvalue weighted by Crippen LogP contribution is -2.47. The van der Waals surface area contributed by atoms with Gasteiger partial charge in [0, 0.05) is 18.6 Å². The number of hydrogen-bond acceptors (Lipinski definition) is 4. The first kappa shape index (κ1) is 12.9. The van der Waals surface area contributed by atoms with Crippen LogP contribution >= 0.6 is 0 Å². The van der Waals surface area contributed by atoms with Crippen LogP contribution in [0.1, 0.15) is 43.6 Å². The maximum absolute atomic E-state index is 5.97. The van der Waals surface area contributed by atoms with E-state index in [1.165, 1.54) is 32.1 Å². The number of nitrogens with one attached hydrogen (secondary N) is 1. The van der Waals surface area contributed by atoms with Crippen molar-refractivity contribution in [3.8, 4) is 0 Å². The second kappa shape index (κ2) is 5.51. The zero-order valence-electron chi connectivity index (χ0n) is 12.0. The molecule has 4 rings (SSSR count). The summed E-state index contributed by atoms with van der Waals surface area (Å²) in [6.07, 6.45) is 6.93. The van der Waals surface area contributed by atoms with Crippen molar-refractivity contribution in [1.29, 1.82) is 0 Å². The Morgan fingerprint density at radius 1 is 1.15 bits per heavy atom. The highest BCUT2D eigenvalue weighted by Crippen LogP contribution is 2.30. The number of fused-ring (bicyclic) bond motifs is 1. The third-order valence-corrected chi connectivity index (χ3v) is 4.82. The second-order valence-corrected chi connectivity index (χ2v) is 6.40. The van der Waals surface area contributed by atoms with E-state index in [1.54, 1.807) is 0 Å². The van der Waals surface area contributed by atoms with Crippen molar-refractivity contribution in [3.05, 3.63) is 23.7 Å². The van der Waals surface area contributed by atoms with Gasteiger partial charge in [-0.15, -0.1) is 0 Å². The molecule has 1 aromatic rings. The lowest BCUT2D eigenvalue weighted by molar-refractivity contribution is -0.0607. The quantitative estimate of drug-likeness (QED) is 0.895. The van der Waals surface area contributed by atoms with Gasteiger partial charge in [-0.2, -0.15) is 0 Å². The van der Waals surface area contributed by atoms with Crippen LogP contribution in [-0.2, 0) is 17.8 Å². The Labute approximate surface area is 120 Å². The standard InChI is InChI=1S/C16H24N2O2/c1-2-15-16(3-1)19-9-8-18(15)11-14-7-6-13(20-14)10-17-12-4-5-12/h6-7,12,15-17H,1-5,8-11H2. The van der Waals surface area contributed by atoms with Crippen molar-refractivity contribution in [2.24, 2.45) is 0 Å². The highest BCUT2D eigenvalue weighted by molar-refractivity contribution is 5.08. The molecule has 0 bridgehead atoms. The summed E-state index contributed by atoms with van der Waals surface area (Å²) in [6, 6.07) is 5.62. The highest BCUT2D eigenvalue weighted by Gasteiger charge is 2.36. The summed E-state index contributed by atoms with van der Waals surface area (Å²) < 4.78 is 11.8. The molecule has 4 nitrogen and oxygen atoms in total. The average molecular weight is 276 g/mol. The molecule has 110 valence electrons. The maximum Gasteiger partial charge on any atom is 0.118 e. The van der Waals surface area contributed by atoms with Crippen LogP contribution in [0.25, 0.3) is 0 Å². The summed E-state index contributed by atoms with van der Waals surface area (Å²) in [5, 5.41) is 3.50. The fourth-order valence-corrected chi connectivity index (χ4v) is 3.54. The van der Waals surface area contributed by atoms with Gasteiger partial charge in [-0.3, -0.25) is 4.90 Å². The van der Waals surface area contributed by atoms with Gasteiger partial charge in [-0.25, -0.2) is 0 Å². The lowest BCUT2D eigenvalue weighted by Gasteiger charge is -2.37. The van der Waals surface area contributed by atoms with E-state index in [4.69, 9.17) is 9.15 Å². The van der Waals surface area contributed by atoms with Crippen LogP contribution < -0.4 is 5.32 Å². The molecule has 0 aromatic carbocycles. The molecule has 4 heteroatoms. The van der Waals surface area contributed by atoms with Gasteiger partial charge in [-0.1, -0.05) is 0 Å². The molecule has 1 aliphatic heterocycles. The summed E-state index contributed by atoms with van der Waals surface area (Å²) in [4.78, 5) is 2.55. The van der Waals surface area contributed by atoms with Crippen LogP contribution in [0, 0.1) is 0 Å². The third-order valence-electron chi connectivity index (χ3n) is 4.82. The third kappa shape index (κ3) is 2.78. The number of nitrogens with zero attached hydrogens (tertiary/aromatic N) is 1. The van der Waals surface area contributed by atoms with E-state index >= 15 is 0 Å². The molecule has 3 aliphatic rings. The Morgan fingerprint density at radius 2 is 2.05 bits per heavy atom. The number of hydrogen-bond donors (Lipinski definition) is 1. The normalized spacial score (nSPS) is 30.6. The van der Waals surface area contributed by atoms with Crippen LogP contribution in [0.5, 0.6) is 0 Å². The second-order valence-electron chi connectivity index (χ2n) is 6.40. The van der Waals surface area contributed by atoms with Crippen LogP contribution in [0.2, 0.25) is 0 Å². The molecular weight excluding hydrogens is 252 g/mol. The Balaban J connectivity index is 1.35. The number of morpholine rings is 1. The topological polar surface area (TPSA) is 37.6 Å². The first-order valence-corrected chi connectivity index (χ1v) is 8.05. The molecule has 2 saturated carbocycles. The molecule has 0 spiro atoms. The molecule has 1 N–H and O–H groups in total. The highest BCUT2D eigenvalue weighted by atomic mass is 16.5. The summed E-state index contributed by atoms with van der Waals surface area (Å²) in [7, 11) is 0. The minimum Gasteiger partial charge on any atom is -0.463 e. The van der Waals surface area contributed by atoms with Crippen LogP contribution in [0.3, 0.4) is 0 Å². The first-order chi connectivity index (χ1) is 9.88. The van der Waals surface area contributed by atoms with Crippen molar-refractivity contribution in [1.82, 2.24) is 10.2 Å². The zero-order valence-corrected chi connectivity index (χ0v) is 12.0. The van der Waals surface area contributed by atoms with Gasteiger partial charge >= 0.3 is 0 Å².